The lowest BCUT2D eigenvalue weighted by Crippen LogP contribution is -2.31. The third-order valence-corrected chi connectivity index (χ3v) is 4.27. The lowest BCUT2D eigenvalue weighted by Gasteiger charge is -2.10. The van der Waals surface area contributed by atoms with Gasteiger partial charge in [0.1, 0.15) is 24.4 Å². The predicted molar refractivity (Wildman–Crippen MR) is 102 cm³/mol. The van der Waals surface area contributed by atoms with Crippen LogP contribution >= 0.6 is 0 Å². The summed E-state index contributed by atoms with van der Waals surface area (Å²) in [4.78, 5) is 16.5. The Morgan fingerprint density at radius 3 is 2.81 bits per heavy atom. The van der Waals surface area contributed by atoms with E-state index < -0.39 is 0 Å². The third kappa shape index (κ3) is 3.37. The van der Waals surface area contributed by atoms with Crippen molar-refractivity contribution >= 4 is 27.7 Å². The molecule has 0 aliphatic heterocycles. The van der Waals surface area contributed by atoms with Gasteiger partial charge in [-0.15, -0.1) is 0 Å². The number of benzene rings is 2. The minimum atomic E-state index is -0.0361. The molecule has 26 heavy (non-hydrogen) atoms. The normalized spacial score (nSPS) is 10.9. The third-order valence-electron chi connectivity index (χ3n) is 4.27. The first kappa shape index (κ1) is 16.1. The van der Waals surface area contributed by atoms with E-state index in [9.17, 15) is 4.79 Å². The first-order chi connectivity index (χ1) is 12.8. The zero-order chi connectivity index (χ0) is 17.8. The van der Waals surface area contributed by atoms with Crippen molar-refractivity contribution in [1.82, 2.24) is 14.9 Å². The van der Waals surface area contributed by atoms with Crippen LogP contribution in [0, 0.1) is 0 Å². The van der Waals surface area contributed by atoms with Gasteiger partial charge in [-0.1, -0.05) is 36.4 Å². The second-order valence-electron chi connectivity index (χ2n) is 6.03. The number of rotatable bonds is 6. The zero-order valence-corrected chi connectivity index (χ0v) is 14.3. The molecule has 0 aliphatic rings. The number of carbonyl (C=O) groups excluding carboxylic acids is 1. The van der Waals surface area contributed by atoms with E-state index in [4.69, 9.17) is 4.74 Å². The van der Waals surface area contributed by atoms with E-state index in [2.05, 4.69) is 10.3 Å². The quantitative estimate of drug-likeness (QED) is 0.545. The Kier molecular flexibility index (Phi) is 4.51. The summed E-state index contributed by atoms with van der Waals surface area (Å²) < 4.78 is 7.74. The molecule has 0 spiro atoms. The fourth-order valence-corrected chi connectivity index (χ4v) is 3.03. The molecule has 0 saturated carbocycles. The van der Waals surface area contributed by atoms with E-state index in [0.29, 0.717) is 19.7 Å². The molecular weight excluding hydrogens is 326 g/mol. The molecule has 2 aromatic carbocycles. The van der Waals surface area contributed by atoms with Crippen LogP contribution in [0.3, 0.4) is 0 Å². The molecule has 5 heteroatoms. The van der Waals surface area contributed by atoms with Crippen molar-refractivity contribution in [3.63, 3.8) is 0 Å². The summed E-state index contributed by atoms with van der Waals surface area (Å²) in [5, 5.41) is 5.07. The highest BCUT2D eigenvalue weighted by atomic mass is 16.5. The molecule has 4 aromatic rings. The second kappa shape index (κ2) is 7.27. The highest BCUT2D eigenvalue weighted by molar-refractivity contribution is 5.84. The number of pyridine rings is 1. The standard InChI is InChI=1S/C21H19N3O2/c25-20(15-24-13-10-16-5-1-2-8-18(16)24)22-12-14-26-19-9-3-6-17-7-4-11-23-21(17)19/h1-11,13H,12,14-15H2,(H,22,25). The van der Waals surface area contributed by atoms with Gasteiger partial charge < -0.3 is 14.6 Å². The summed E-state index contributed by atoms with van der Waals surface area (Å²) in [6.07, 6.45) is 3.68. The van der Waals surface area contributed by atoms with Gasteiger partial charge in [-0.05, 0) is 29.7 Å². The van der Waals surface area contributed by atoms with Gasteiger partial charge in [-0.3, -0.25) is 9.78 Å². The molecule has 0 bridgehead atoms. The van der Waals surface area contributed by atoms with Gasteiger partial charge in [0, 0.05) is 23.3 Å². The maximum absolute atomic E-state index is 12.2. The van der Waals surface area contributed by atoms with Crippen LogP contribution in [0.4, 0.5) is 0 Å². The maximum atomic E-state index is 12.2. The molecule has 130 valence electrons. The lowest BCUT2D eigenvalue weighted by molar-refractivity contribution is -0.121. The van der Waals surface area contributed by atoms with Crippen LogP contribution in [0.1, 0.15) is 0 Å². The number of carbonyl (C=O) groups is 1. The first-order valence-electron chi connectivity index (χ1n) is 8.58. The number of hydrogen-bond acceptors (Lipinski definition) is 3. The predicted octanol–water partition coefficient (Wildman–Crippen LogP) is 3.38. The Balaban J connectivity index is 1.31. The van der Waals surface area contributed by atoms with Crippen molar-refractivity contribution < 1.29 is 9.53 Å². The molecule has 0 atom stereocenters. The van der Waals surface area contributed by atoms with Gasteiger partial charge in [0.2, 0.25) is 5.91 Å². The number of hydrogen-bond donors (Lipinski definition) is 1. The summed E-state index contributed by atoms with van der Waals surface area (Å²) in [5.41, 5.74) is 1.89. The number of nitrogens with zero attached hydrogens (tertiary/aromatic N) is 2. The van der Waals surface area contributed by atoms with Gasteiger partial charge >= 0.3 is 0 Å². The van der Waals surface area contributed by atoms with Gasteiger partial charge in [0.15, 0.2) is 0 Å². The maximum Gasteiger partial charge on any atom is 0.240 e. The number of para-hydroxylation sites is 2. The number of ether oxygens (including phenoxy) is 1. The molecule has 2 heterocycles. The molecule has 0 unspecified atom stereocenters. The molecule has 2 aromatic heterocycles. The van der Waals surface area contributed by atoms with E-state index in [1.807, 2.05) is 71.4 Å². The molecule has 0 saturated heterocycles. The minimum absolute atomic E-state index is 0.0361. The largest absolute Gasteiger partial charge is 0.489 e. The average Bonchev–Trinajstić information content (AvgIpc) is 3.08. The van der Waals surface area contributed by atoms with Crippen molar-refractivity contribution in [2.24, 2.45) is 0 Å². The van der Waals surface area contributed by atoms with E-state index >= 15 is 0 Å². The topological polar surface area (TPSA) is 56.2 Å². The molecule has 4 rings (SSSR count). The highest BCUT2D eigenvalue weighted by Gasteiger charge is 2.06. The number of amides is 1. The van der Waals surface area contributed by atoms with Crippen molar-refractivity contribution in [1.29, 1.82) is 0 Å². The number of fused-ring (bicyclic) bond motifs is 2. The van der Waals surface area contributed by atoms with E-state index in [-0.39, 0.29) is 5.91 Å². The number of nitrogens with one attached hydrogen (secondary N) is 1. The van der Waals surface area contributed by atoms with Crippen LogP contribution in [0.25, 0.3) is 21.8 Å². The summed E-state index contributed by atoms with van der Waals surface area (Å²) >= 11 is 0. The van der Waals surface area contributed by atoms with Crippen LogP contribution in [0.2, 0.25) is 0 Å². The van der Waals surface area contributed by atoms with Crippen LogP contribution < -0.4 is 10.1 Å². The summed E-state index contributed by atoms with van der Waals surface area (Å²) in [6.45, 7) is 1.14. The molecule has 0 aliphatic carbocycles. The van der Waals surface area contributed by atoms with Gasteiger partial charge in [0.05, 0.1) is 6.54 Å². The lowest BCUT2D eigenvalue weighted by atomic mass is 10.2. The second-order valence-corrected chi connectivity index (χ2v) is 6.03. The molecule has 1 amide bonds. The highest BCUT2D eigenvalue weighted by Crippen LogP contribution is 2.22. The molecule has 1 N–H and O–H groups in total. The fraction of sp³-hybridized carbons (Fsp3) is 0.143. The summed E-state index contributed by atoms with van der Waals surface area (Å²) in [5.74, 6) is 0.694. The minimum Gasteiger partial charge on any atom is -0.489 e. The van der Waals surface area contributed by atoms with Gasteiger partial charge in [-0.2, -0.15) is 0 Å². The molecule has 5 nitrogen and oxygen atoms in total. The van der Waals surface area contributed by atoms with Crippen LogP contribution in [-0.2, 0) is 11.3 Å². The first-order valence-corrected chi connectivity index (χ1v) is 8.58. The smallest absolute Gasteiger partial charge is 0.240 e. The zero-order valence-electron chi connectivity index (χ0n) is 14.3. The van der Waals surface area contributed by atoms with Crippen LogP contribution in [-0.4, -0.2) is 28.6 Å². The Labute approximate surface area is 151 Å². The van der Waals surface area contributed by atoms with E-state index in [1.165, 1.54) is 0 Å². The van der Waals surface area contributed by atoms with Crippen molar-refractivity contribution in [3.8, 4) is 5.75 Å². The average molecular weight is 345 g/mol. The SMILES string of the molecule is O=C(Cn1ccc2ccccc21)NCCOc1cccc2cccnc12. The van der Waals surface area contributed by atoms with E-state index in [0.717, 1.165) is 27.6 Å². The Morgan fingerprint density at radius 2 is 1.85 bits per heavy atom. The molecule has 0 fully saturated rings. The Bertz CT molecular complexity index is 1050. The van der Waals surface area contributed by atoms with Gasteiger partial charge in [0.25, 0.3) is 0 Å². The van der Waals surface area contributed by atoms with E-state index in [1.54, 1.807) is 6.20 Å². The van der Waals surface area contributed by atoms with Crippen molar-refractivity contribution in [2.75, 3.05) is 13.2 Å². The van der Waals surface area contributed by atoms with Crippen molar-refractivity contribution in [2.45, 2.75) is 6.54 Å². The Morgan fingerprint density at radius 1 is 1.00 bits per heavy atom. The van der Waals surface area contributed by atoms with Crippen LogP contribution in [0.15, 0.2) is 73.1 Å². The Hall–Kier alpha value is -3.34. The fourth-order valence-electron chi connectivity index (χ4n) is 3.03. The van der Waals surface area contributed by atoms with Crippen molar-refractivity contribution in [3.05, 3.63) is 73.1 Å². The number of aromatic nitrogens is 2. The van der Waals surface area contributed by atoms with Gasteiger partial charge in [-0.25, -0.2) is 0 Å². The molecule has 0 radical (unpaired) electrons. The summed E-state index contributed by atoms with van der Waals surface area (Å²) in [6, 6.07) is 19.8. The van der Waals surface area contributed by atoms with Crippen LogP contribution in [0.5, 0.6) is 5.75 Å². The summed E-state index contributed by atoms with van der Waals surface area (Å²) in [7, 11) is 0. The molecular formula is C21H19N3O2. The monoisotopic (exact) mass is 345 g/mol.